The zero-order valence-corrected chi connectivity index (χ0v) is 13.0. The van der Waals surface area contributed by atoms with Crippen molar-refractivity contribution in [3.05, 3.63) is 29.8 Å². The van der Waals surface area contributed by atoms with E-state index in [1.54, 1.807) is 0 Å². The number of rotatable bonds is 9. The highest BCUT2D eigenvalue weighted by Crippen LogP contribution is 2.17. The van der Waals surface area contributed by atoms with E-state index in [9.17, 15) is 13.9 Å². The van der Waals surface area contributed by atoms with Gasteiger partial charge in [-0.05, 0) is 38.3 Å². The van der Waals surface area contributed by atoms with Gasteiger partial charge in [-0.25, -0.2) is 8.78 Å². The summed E-state index contributed by atoms with van der Waals surface area (Å²) in [6.45, 7) is 6.59. The fraction of sp³-hybridized carbons (Fsp3) is 0.625. The molecule has 1 aromatic rings. The topological polar surface area (TPSA) is 41.5 Å². The molecule has 0 radical (unpaired) electrons. The first-order valence-corrected chi connectivity index (χ1v) is 7.33. The molecule has 1 atom stereocenters. The van der Waals surface area contributed by atoms with Gasteiger partial charge < -0.3 is 15.2 Å². The molecule has 2 N–H and O–H groups in total. The predicted octanol–water partition coefficient (Wildman–Crippen LogP) is 3.26. The van der Waals surface area contributed by atoms with Gasteiger partial charge in [-0.2, -0.15) is 0 Å². The quantitative estimate of drug-likeness (QED) is 0.688. The molecule has 1 unspecified atom stereocenters. The number of unbranched alkanes of at least 4 members (excludes halogenated alkanes) is 1. The van der Waals surface area contributed by atoms with Gasteiger partial charge in [0.1, 0.15) is 5.75 Å². The second kappa shape index (κ2) is 8.29. The van der Waals surface area contributed by atoms with Crippen LogP contribution in [-0.4, -0.2) is 29.9 Å². The van der Waals surface area contributed by atoms with E-state index in [0.717, 1.165) is 31.4 Å². The van der Waals surface area contributed by atoms with E-state index in [2.05, 4.69) is 5.32 Å². The van der Waals surface area contributed by atoms with E-state index in [1.165, 1.54) is 6.07 Å². The Bertz CT molecular complexity index is 440. The SMILES string of the molecule is CC(C)NC(C)(CO)CCCCOc1ccc(F)c(F)c1. The van der Waals surface area contributed by atoms with Gasteiger partial charge in [0.25, 0.3) is 0 Å². The molecule has 0 heterocycles. The molecular weight excluding hydrogens is 276 g/mol. The lowest BCUT2D eigenvalue weighted by Gasteiger charge is -2.31. The third-order valence-corrected chi connectivity index (χ3v) is 3.27. The Morgan fingerprint density at radius 2 is 1.95 bits per heavy atom. The van der Waals surface area contributed by atoms with E-state index < -0.39 is 11.6 Å². The molecule has 0 bridgehead atoms. The highest BCUT2D eigenvalue weighted by atomic mass is 19.2. The summed E-state index contributed by atoms with van der Waals surface area (Å²) < 4.78 is 31.1. The first-order chi connectivity index (χ1) is 9.86. The minimum Gasteiger partial charge on any atom is -0.493 e. The summed E-state index contributed by atoms with van der Waals surface area (Å²) in [6, 6.07) is 3.82. The number of aliphatic hydroxyl groups is 1. The Hall–Kier alpha value is -1.20. The summed E-state index contributed by atoms with van der Waals surface area (Å²) in [5, 5.41) is 12.8. The number of hydrogen-bond acceptors (Lipinski definition) is 3. The van der Waals surface area contributed by atoms with Crippen LogP contribution in [0.25, 0.3) is 0 Å². The maximum Gasteiger partial charge on any atom is 0.162 e. The van der Waals surface area contributed by atoms with Gasteiger partial charge in [-0.15, -0.1) is 0 Å². The summed E-state index contributed by atoms with van der Waals surface area (Å²) in [5.74, 6) is -1.44. The lowest BCUT2D eigenvalue weighted by Crippen LogP contribution is -2.49. The molecule has 120 valence electrons. The van der Waals surface area contributed by atoms with Crippen molar-refractivity contribution >= 4 is 0 Å². The van der Waals surface area contributed by atoms with Gasteiger partial charge >= 0.3 is 0 Å². The first kappa shape index (κ1) is 17.9. The van der Waals surface area contributed by atoms with E-state index in [0.29, 0.717) is 18.4 Å². The van der Waals surface area contributed by atoms with E-state index in [4.69, 9.17) is 4.74 Å². The van der Waals surface area contributed by atoms with Crippen LogP contribution in [-0.2, 0) is 0 Å². The van der Waals surface area contributed by atoms with Gasteiger partial charge in [0.15, 0.2) is 11.6 Å². The molecule has 0 aromatic heterocycles. The van der Waals surface area contributed by atoms with Crippen molar-refractivity contribution < 1.29 is 18.6 Å². The van der Waals surface area contributed by atoms with E-state index in [-0.39, 0.29) is 12.1 Å². The standard InChI is InChI=1S/C16H25F2NO2/c1-12(2)19-16(3,11-20)8-4-5-9-21-13-6-7-14(17)15(18)10-13/h6-7,10,12,19-20H,4-5,8-9,11H2,1-3H3. The first-order valence-electron chi connectivity index (χ1n) is 7.33. The molecule has 0 aliphatic rings. The molecule has 0 saturated carbocycles. The monoisotopic (exact) mass is 301 g/mol. The fourth-order valence-electron chi connectivity index (χ4n) is 2.27. The second-order valence-electron chi connectivity index (χ2n) is 5.90. The highest BCUT2D eigenvalue weighted by Gasteiger charge is 2.22. The minimum absolute atomic E-state index is 0.0786. The summed E-state index contributed by atoms with van der Waals surface area (Å²) in [5.41, 5.74) is -0.295. The molecule has 0 aliphatic heterocycles. The van der Waals surface area contributed by atoms with Crippen LogP contribution in [0.2, 0.25) is 0 Å². The zero-order chi connectivity index (χ0) is 15.9. The van der Waals surface area contributed by atoms with Crippen molar-refractivity contribution in [2.75, 3.05) is 13.2 Å². The van der Waals surface area contributed by atoms with Gasteiger partial charge in [0.05, 0.1) is 13.2 Å². The Morgan fingerprint density at radius 1 is 1.24 bits per heavy atom. The molecule has 0 spiro atoms. The van der Waals surface area contributed by atoms with Crippen molar-refractivity contribution in [1.29, 1.82) is 0 Å². The molecule has 1 aromatic carbocycles. The van der Waals surface area contributed by atoms with Crippen LogP contribution in [0.5, 0.6) is 5.75 Å². The van der Waals surface area contributed by atoms with Crippen LogP contribution in [0.4, 0.5) is 8.78 Å². The number of ether oxygens (including phenoxy) is 1. The molecule has 1 rings (SSSR count). The molecule has 0 fully saturated rings. The predicted molar refractivity (Wildman–Crippen MR) is 79.5 cm³/mol. The number of hydrogen-bond donors (Lipinski definition) is 2. The summed E-state index contributed by atoms with van der Waals surface area (Å²) in [6.07, 6.45) is 2.48. The lowest BCUT2D eigenvalue weighted by atomic mass is 9.95. The van der Waals surface area contributed by atoms with Crippen LogP contribution in [0.15, 0.2) is 18.2 Å². The smallest absolute Gasteiger partial charge is 0.162 e. The van der Waals surface area contributed by atoms with Crippen LogP contribution in [0.3, 0.4) is 0 Å². The van der Waals surface area contributed by atoms with E-state index in [1.807, 2.05) is 20.8 Å². The maximum atomic E-state index is 13.0. The number of nitrogens with one attached hydrogen (secondary N) is 1. The maximum absolute atomic E-state index is 13.0. The third kappa shape index (κ3) is 6.40. The average Bonchev–Trinajstić information content (AvgIpc) is 2.41. The Balaban J connectivity index is 2.29. The summed E-state index contributed by atoms with van der Waals surface area (Å²) in [7, 11) is 0. The van der Waals surface area contributed by atoms with Crippen LogP contribution in [0.1, 0.15) is 40.0 Å². The van der Waals surface area contributed by atoms with Crippen molar-refractivity contribution in [2.24, 2.45) is 0 Å². The normalized spacial score (nSPS) is 14.2. The van der Waals surface area contributed by atoms with Crippen molar-refractivity contribution in [1.82, 2.24) is 5.32 Å². The second-order valence-corrected chi connectivity index (χ2v) is 5.90. The van der Waals surface area contributed by atoms with Crippen molar-refractivity contribution in [3.63, 3.8) is 0 Å². The number of aliphatic hydroxyl groups excluding tert-OH is 1. The van der Waals surface area contributed by atoms with Crippen LogP contribution in [0, 0.1) is 11.6 Å². The number of benzene rings is 1. The largest absolute Gasteiger partial charge is 0.493 e. The van der Waals surface area contributed by atoms with Crippen LogP contribution < -0.4 is 10.1 Å². The number of halogens is 2. The molecule has 21 heavy (non-hydrogen) atoms. The van der Waals surface area contributed by atoms with Gasteiger partial charge in [0, 0.05) is 17.6 Å². The molecule has 3 nitrogen and oxygen atoms in total. The minimum atomic E-state index is -0.901. The van der Waals surface area contributed by atoms with Crippen molar-refractivity contribution in [2.45, 2.75) is 51.6 Å². The van der Waals surface area contributed by atoms with Gasteiger partial charge in [0.2, 0.25) is 0 Å². The van der Waals surface area contributed by atoms with Crippen LogP contribution >= 0.6 is 0 Å². The van der Waals surface area contributed by atoms with Crippen molar-refractivity contribution in [3.8, 4) is 5.75 Å². The Kier molecular flexibility index (Phi) is 7.05. The average molecular weight is 301 g/mol. The molecule has 0 amide bonds. The summed E-state index contributed by atoms with van der Waals surface area (Å²) in [4.78, 5) is 0. The Labute approximate surface area is 125 Å². The lowest BCUT2D eigenvalue weighted by molar-refractivity contribution is 0.152. The third-order valence-electron chi connectivity index (χ3n) is 3.27. The van der Waals surface area contributed by atoms with Gasteiger partial charge in [-0.1, -0.05) is 13.8 Å². The molecule has 0 aliphatic carbocycles. The molecule has 5 heteroatoms. The fourth-order valence-corrected chi connectivity index (χ4v) is 2.27. The highest BCUT2D eigenvalue weighted by molar-refractivity contribution is 5.23. The van der Waals surface area contributed by atoms with Gasteiger partial charge in [-0.3, -0.25) is 0 Å². The molecular formula is C16H25F2NO2. The Morgan fingerprint density at radius 3 is 2.52 bits per heavy atom. The summed E-state index contributed by atoms with van der Waals surface area (Å²) >= 11 is 0. The zero-order valence-electron chi connectivity index (χ0n) is 13.0. The van der Waals surface area contributed by atoms with E-state index >= 15 is 0 Å². The molecule has 0 saturated heterocycles.